The van der Waals surface area contributed by atoms with E-state index in [1.54, 1.807) is 0 Å². The molecule has 4 N–H and O–H groups in total. The fourth-order valence-electron chi connectivity index (χ4n) is 2.71. The zero-order valence-electron chi connectivity index (χ0n) is 15.9. The number of halogens is 6. The van der Waals surface area contributed by atoms with Gasteiger partial charge in [0.05, 0.1) is 22.4 Å². The lowest BCUT2D eigenvalue weighted by atomic mass is 10.1. The SMILES string of the molecule is NC(=O)c1cnc(Nc2cc(C(F)(F)F)ccn2)cc1NCc1cnccc1C(F)(F)F. The van der Waals surface area contributed by atoms with Gasteiger partial charge >= 0.3 is 12.4 Å². The summed E-state index contributed by atoms with van der Waals surface area (Å²) in [6.07, 6.45) is -5.20. The van der Waals surface area contributed by atoms with E-state index in [1.807, 2.05) is 0 Å². The van der Waals surface area contributed by atoms with Crippen molar-refractivity contribution in [2.75, 3.05) is 10.6 Å². The summed E-state index contributed by atoms with van der Waals surface area (Å²) in [7, 11) is 0. The highest BCUT2D eigenvalue weighted by Gasteiger charge is 2.33. The lowest BCUT2D eigenvalue weighted by Gasteiger charge is -2.15. The van der Waals surface area contributed by atoms with Crippen LogP contribution in [0.1, 0.15) is 27.0 Å². The van der Waals surface area contributed by atoms with Crippen LogP contribution in [-0.2, 0) is 18.9 Å². The van der Waals surface area contributed by atoms with Gasteiger partial charge < -0.3 is 16.4 Å². The minimum Gasteiger partial charge on any atom is -0.380 e. The Balaban J connectivity index is 1.87. The van der Waals surface area contributed by atoms with Gasteiger partial charge in [-0.15, -0.1) is 0 Å². The summed E-state index contributed by atoms with van der Waals surface area (Å²) in [5, 5.41) is 5.21. The summed E-state index contributed by atoms with van der Waals surface area (Å²) in [5.74, 6) is -1.12. The highest BCUT2D eigenvalue weighted by molar-refractivity contribution is 5.98. The van der Waals surface area contributed by atoms with Crippen molar-refractivity contribution in [2.45, 2.75) is 18.9 Å². The van der Waals surface area contributed by atoms with E-state index in [0.29, 0.717) is 0 Å². The summed E-state index contributed by atoms with van der Waals surface area (Å²) in [5.41, 5.74) is 3.11. The highest BCUT2D eigenvalue weighted by atomic mass is 19.4. The Labute approximate surface area is 176 Å². The number of hydrogen-bond donors (Lipinski definition) is 3. The summed E-state index contributed by atoms with van der Waals surface area (Å²) in [6.45, 7) is -0.367. The van der Waals surface area contributed by atoms with Crippen LogP contribution >= 0.6 is 0 Å². The molecule has 3 heterocycles. The van der Waals surface area contributed by atoms with Crippen molar-refractivity contribution < 1.29 is 31.1 Å². The van der Waals surface area contributed by atoms with Gasteiger partial charge in [0.15, 0.2) is 0 Å². The van der Waals surface area contributed by atoms with Gasteiger partial charge in [-0.3, -0.25) is 9.78 Å². The normalized spacial score (nSPS) is 11.8. The average Bonchev–Trinajstić information content (AvgIpc) is 2.71. The number of carbonyl (C=O) groups excluding carboxylic acids is 1. The fraction of sp³-hybridized carbons (Fsp3) is 0.158. The Morgan fingerprint density at radius 1 is 0.938 bits per heavy atom. The first-order valence-corrected chi connectivity index (χ1v) is 8.79. The smallest absolute Gasteiger partial charge is 0.380 e. The third kappa shape index (κ3) is 5.42. The van der Waals surface area contributed by atoms with Gasteiger partial charge in [0.25, 0.3) is 5.91 Å². The predicted octanol–water partition coefficient (Wildman–Crippen LogP) is 4.36. The average molecular weight is 456 g/mol. The van der Waals surface area contributed by atoms with E-state index in [9.17, 15) is 31.1 Å². The first kappa shape index (κ1) is 22.8. The third-order valence-corrected chi connectivity index (χ3v) is 4.19. The van der Waals surface area contributed by atoms with Crippen molar-refractivity contribution in [2.24, 2.45) is 5.73 Å². The van der Waals surface area contributed by atoms with Crippen LogP contribution in [0, 0.1) is 0 Å². The maximum Gasteiger partial charge on any atom is 0.416 e. The van der Waals surface area contributed by atoms with E-state index < -0.39 is 29.4 Å². The molecule has 13 heteroatoms. The molecule has 0 unspecified atom stereocenters. The molecular weight excluding hydrogens is 442 g/mol. The van der Waals surface area contributed by atoms with Crippen LogP contribution in [0.5, 0.6) is 0 Å². The van der Waals surface area contributed by atoms with Crippen molar-refractivity contribution >= 4 is 23.2 Å². The molecule has 0 saturated heterocycles. The Morgan fingerprint density at radius 2 is 1.66 bits per heavy atom. The molecule has 32 heavy (non-hydrogen) atoms. The Bertz CT molecular complexity index is 1130. The van der Waals surface area contributed by atoms with Crippen LogP contribution in [0.4, 0.5) is 43.7 Å². The van der Waals surface area contributed by atoms with Gasteiger partial charge in [0.1, 0.15) is 11.6 Å². The zero-order valence-corrected chi connectivity index (χ0v) is 15.9. The van der Waals surface area contributed by atoms with E-state index in [4.69, 9.17) is 5.73 Å². The van der Waals surface area contributed by atoms with Crippen LogP contribution < -0.4 is 16.4 Å². The molecule has 3 rings (SSSR count). The van der Waals surface area contributed by atoms with Crippen LogP contribution in [0.25, 0.3) is 0 Å². The molecule has 0 saturated carbocycles. The third-order valence-electron chi connectivity index (χ3n) is 4.19. The lowest BCUT2D eigenvalue weighted by molar-refractivity contribution is -0.138. The minimum absolute atomic E-state index is 0.0129. The number of carbonyl (C=O) groups is 1. The van der Waals surface area contributed by atoms with Crippen LogP contribution in [0.15, 0.2) is 49.1 Å². The van der Waals surface area contributed by atoms with Crippen LogP contribution in [-0.4, -0.2) is 20.9 Å². The van der Waals surface area contributed by atoms with Crippen molar-refractivity contribution in [1.29, 1.82) is 0 Å². The van der Waals surface area contributed by atoms with Gasteiger partial charge in [0, 0.05) is 43.0 Å². The van der Waals surface area contributed by atoms with Crippen molar-refractivity contribution in [1.82, 2.24) is 15.0 Å². The molecule has 7 nitrogen and oxygen atoms in total. The van der Waals surface area contributed by atoms with Gasteiger partial charge in [-0.25, -0.2) is 9.97 Å². The van der Waals surface area contributed by atoms with Gasteiger partial charge in [-0.2, -0.15) is 26.3 Å². The summed E-state index contributed by atoms with van der Waals surface area (Å²) in [6, 6.07) is 3.56. The summed E-state index contributed by atoms with van der Waals surface area (Å²) < 4.78 is 78.1. The standard InChI is InChI=1S/C19H14F6N6O/c20-18(21,22)11-1-4-28-15(5-11)31-16-6-14(12(9-30-16)17(26)32)29-8-10-7-27-3-2-13(10)19(23,24)25/h1-7,9H,8H2,(H2,26,32)(H2,28,29,30,31). The molecule has 0 aliphatic heterocycles. The van der Waals surface area contributed by atoms with E-state index in [2.05, 4.69) is 25.6 Å². The quantitative estimate of drug-likeness (QED) is 0.476. The molecule has 0 aliphatic rings. The number of nitrogens with two attached hydrogens (primary N) is 1. The first-order chi connectivity index (χ1) is 14.9. The van der Waals surface area contributed by atoms with Crippen molar-refractivity contribution in [3.8, 4) is 0 Å². The molecular formula is C19H14F6N6O. The van der Waals surface area contributed by atoms with E-state index in [-0.39, 0.29) is 35.0 Å². The molecule has 0 atom stereocenters. The van der Waals surface area contributed by atoms with Crippen molar-refractivity contribution in [3.63, 3.8) is 0 Å². The Kier molecular flexibility index (Phi) is 6.18. The molecule has 3 aromatic rings. The lowest BCUT2D eigenvalue weighted by Crippen LogP contribution is -2.17. The molecule has 0 aliphatic carbocycles. The monoisotopic (exact) mass is 456 g/mol. The first-order valence-electron chi connectivity index (χ1n) is 8.79. The zero-order chi connectivity index (χ0) is 23.5. The number of primary amides is 1. The number of nitrogens with one attached hydrogen (secondary N) is 2. The molecule has 0 radical (unpaired) electrons. The molecule has 3 aromatic heterocycles. The number of alkyl halides is 6. The largest absolute Gasteiger partial charge is 0.416 e. The molecule has 1 amide bonds. The Hall–Kier alpha value is -3.90. The minimum atomic E-state index is -4.62. The summed E-state index contributed by atoms with van der Waals surface area (Å²) in [4.78, 5) is 23.0. The number of nitrogens with zero attached hydrogens (tertiary/aromatic N) is 3. The fourth-order valence-corrected chi connectivity index (χ4v) is 2.71. The number of aromatic nitrogens is 3. The van der Waals surface area contributed by atoms with Crippen LogP contribution in [0.2, 0.25) is 0 Å². The van der Waals surface area contributed by atoms with E-state index in [0.717, 1.165) is 43.0 Å². The van der Waals surface area contributed by atoms with Crippen molar-refractivity contribution in [3.05, 3.63) is 71.3 Å². The molecule has 168 valence electrons. The highest BCUT2D eigenvalue weighted by Crippen LogP contribution is 2.33. The van der Waals surface area contributed by atoms with Gasteiger partial charge in [0.2, 0.25) is 0 Å². The second kappa shape index (κ2) is 8.69. The number of hydrogen-bond acceptors (Lipinski definition) is 6. The number of rotatable bonds is 6. The number of pyridine rings is 3. The predicted molar refractivity (Wildman–Crippen MR) is 102 cm³/mol. The molecule has 0 fully saturated rings. The van der Waals surface area contributed by atoms with Gasteiger partial charge in [-0.05, 0) is 18.2 Å². The second-order valence-electron chi connectivity index (χ2n) is 6.42. The number of amides is 1. The molecule has 0 aromatic carbocycles. The maximum atomic E-state index is 13.2. The topological polar surface area (TPSA) is 106 Å². The van der Waals surface area contributed by atoms with Crippen LogP contribution in [0.3, 0.4) is 0 Å². The summed E-state index contributed by atoms with van der Waals surface area (Å²) >= 11 is 0. The second-order valence-corrected chi connectivity index (χ2v) is 6.42. The Morgan fingerprint density at radius 3 is 2.31 bits per heavy atom. The van der Waals surface area contributed by atoms with E-state index >= 15 is 0 Å². The van der Waals surface area contributed by atoms with Gasteiger partial charge in [-0.1, -0.05) is 0 Å². The maximum absolute atomic E-state index is 13.2. The molecule has 0 bridgehead atoms. The van der Waals surface area contributed by atoms with E-state index in [1.165, 1.54) is 6.07 Å². The molecule has 0 spiro atoms. The number of anilines is 3.